The van der Waals surface area contributed by atoms with Crippen molar-refractivity contribution >= 4 is 21.7 Å². The average Bonchev–Trinajstić information content (AvgIpc) is 2.61. The molecule has 1 fully saturated rings. The number of sulfonamides is 1. The summed E-state index contributed by atoms with van der Waals surface area (Å²) in [5.41, 5.74) is 2.46. The largest absolute Gasteiger partial charge is 0.355 e. The zero-order valence-corrected chi connectivity index (χ0v) is 16.3. The number of nitrogens with zero attached hydrogens (tertiary/aromatic N) is 4. The van der Waals surface area contributed by atoms with Gasteiger partial charge in [-0.2, -0.15) is 9.40 Å². The van der Waals surface area contributed by atoms with E-state index in [4.69, 9.17) is 0 Å². The molecule has 2 heterocycles. The van der Waals surface area contributed by atoms with Crippen LogP contribution in [0.4, 0.5) is 5.82 Å². The number of likely N-dealkylation sites (N-methyl/N-ethyl adjacent to an activating group) is 1. The predicted octanol–water partition coefficient (Wildman–Crippen LogP) is 0.332. The van der Waals surface area contributed by atoms with Crippen molar-refractivity contribution < 1.29 is 13.2 Å². The summed E-state index contributed by atoms with van der Waals surface area (Å²) >= 11 is 0. The Hall–Kier alpha value is -1.74. The summed E-state index contributed by atoms with van der Waals surface area (Å²) in [6.45, 7) is 1.47. The van der Waals surface area contributed by atoms with Crippen molar-refractivity contribution in [3.05, 3.63) is 17.3 Å². The second-order valence-electron chi connectivity index (χ2n) is 7.23. The van der Waals surface area contributed by atoms with Gasteiger partial charge in [-0.05, 0) is 50.2 Å². The monoisotopic (exact) mass is 381 g/mol. The molecule has 0 aromatic carbocycles. The molecular weight excluding hydrogens is 354 g/mol. The molecule has 144 valence electrons. The lowest BCUT2D eigenvalue weighted by Crippen LogP contribution is -2.47. The first-order chi connectivity index (χ1) is 12.3. The smallest absolute Gasteiger partial charge is 0.235 e. The molecular formula is C17H27N5O3S. The van der Waals surface area contributed by atoms with Crippen molar-refractivity contribution in [2.75, 3.05) is 37.8 Å². The van der Waals surface area contributed by atoms with Crippen LogP contribution in [-0.2, 0) is 27.7 Å². The van der Waals surface area contributed by atoms with Crippen LogP contribution in [0.1, 0.15) is 36.9 Å². The van der Waals surface area contributed by atoms with Gasteiger partial charge in [-0.3, -0.25) is 4.79 Å². The molecule has 0 bridgehead atoms. The van der Waals surface area contributed by atoms with E-state index in [1.807, 2.05) is 0 Å². The van der Waals surface area contributed by atoms with Crippen molar-refractivity contribution in [2.45, 2.75) is 44.6 Å². The number of aromatic nitrogens is 2. The van der Waals surface area contributed by atoms with Crippen LogP contribution in [0.3, 0.4) is 0 Å². The molecule has 0 spiro atoms. The van der Waals surface area contributed by atoms with Gasteiger partial charge in [0.05, 0.1) is 18.5 Å². The van der Waals surface area contributed by atoms with Crippen LogP contribution < -0.4 is 10.2 Å². The van der Waals surface area contributed by atoms with Gasteiger partial charge in [-0.15, -0.1) is 5.10 Å². The minimum atomic E-state index is -3.34. The van der Waals surface area contributed by atoms with E-state index in [1.54, 1.807) is 0 Å². The van der Waals surface area contributed by atoms with E-state index in [2.05, 4.69) is 26.5 Å². The maximum Gasteiger partial charge on any atom is 0.235 e. The Bertz CT molecular complexity index is 760. The lowest BCUT2D eigenvalue weighted by atomic mass is 9.96. The molecule has 0 unspecified atom stereocenters. The van der Waals surface area contributed by atoms with Gasteiger partial charge in [0.1, 0.15) is 0 Å². The van der Waals surface area contributed by atoms with E-state index in [1.165, 1.54) is 25.5 Å². The lowest BCUT2D eigenvalue weighted by molar-refractivity contribution is -0.121. The number of aryl methyl sites for hydroxylation is 2. The van der Waals surface area contributed by atoms with Crippen molar-refractivity contribution in [3.8, 4) is 0 Å². The summed E-state index contributed by atoms with van der Waals surface area (Å²) in [5, 5.41) is 11.7. The van der Waals surface area contributed by atoms with Gasteiger partial charge in [-0.1, -0.05) is 0 Å². The van der Waals surface area contributed by atoms with Crippen molar-refractivity contribution in [2.24, 2.45) is 0 Å². The highest BCUT2D eigenvalue weighted by Gasteiger charge is 2.24. The number of carbonyl (C=O) groups excluding carboxylic acids is 1. The molecule has 1 N–H and O–H groups in total. The first kappa shape index (κ1) is 19.0. The van der Waals surface area contributed by atoms with Crippen LogP contribution in [0.15, 0.2) is 6.07 Å². The number of piperidine rings is 1. The standard InChI is InChI=1S/C17H27N5O3S/c1-21(26(2,24)25)12-17(23)18-14-7-9-22(10-8-14)16-11-13-5-3-4-6-15(13)19-20-16/h11,14H,3-10,12H2,1-2H3,(H,18,23). The van der Waals surface area contributed by atoms with Gasteiger partial charge in [0, 0.05) is 26.2 Å². The minimum Gasteiger partial charge on any atom is -0.355 e. The van der Waals surface area contributed by atoms with E-state index in [0.29, 0.717) is 0 Å². The Kier molecular flexibility index (Phi) is 5.76. The van der Waals surface area contributed by atoms with Crippen molar-refractivity contribution in [1.82, 2.24) is 19.8 Å². The predicted molar refractivity (Wildman–Crippen MR) is 99.5 cm³/mol. The molecule has 1 aliphatic heterocycles. The van der Waals surface area contributed by atoms with E-state index < -0.39 is 10.0 Å². The van der Waals surface area contributed by atoms with Gasteiger partial charge in [0.25, 0.3) is 0 Å². The van der Waals surface area contributed by atoms with Gasteiger partial charge in [0.2, 0.25) is 15.9 Å². The van der Waals surface area contributed by atoms with Crippen LogP contribution >= 0.6 is 0 Å². The number of amides is 1. The van der Waals surface area contributed by atoms with Gasteiger partial charge in [0.15, 0.2) is 5.82 Å². The molecule has 1 aromatic heterocycles. The van der Waals surface area contributed by atoms with E-state index in [9.17, 15) is 13.2 Å². The summed E-state index contributed by atoms with van der Waals surface area (Å²) in [5.74, 6) is 0.664. The van der Waals surface area contributed by atoms with E-state index in [0.717, 1.165) is 60.8 Å². The Balaban J connectivity index is 1.51. The molecule has 1 aliphatic carbocycles. The summed E-state index contributed by atoms with van der Waals surface area (Å²) in [7, 11) is -1.93. The fourth-order valence-electron chi connectivity index (χ4n) is 3.48. The molecule has 8 nitrogen and oxygen atoms in total. The Morgan fingerprint density at radius 1 is 1.27 bits per heavy atom. The summed E-state index contributed by atoms with van der Waals surface area (Å²) in [4.78, 5) is 14.2. The SMILES string of the molecule is CN(CC(=O)NC1CCN(c2cc3c(nn2)CCCC3)CC1)S(C)(=O)=O. The molecule has 0 atom stereocenters. The third-order valence-corrected chi connectivity index (χ3v) is 6.43. The quantitative estimate of drug-likeness (QED) is 0.790. The normalized spacial score (nSPS) is 18.7. The Morgan fingerprint density at radius 2 is 1.96 bits per heavy atom. The highest BCUT2D eigenvalue weighted by Crippen LogP contribution is 2.24. The van der Waals surface area contributed by atoms with Crippen LogP contribution in [0.25, 0.3) is 0 Å². The number of hydrogen-bond donors (Lipinski definition) is 1. The first-order valence-corrected chi connectivity index (χ1v) is 11.0. The molecule has 1 amide bonds. The fraction of sp³-hybridized carbons (Fsp3) is 0.706. The second-order valence-corrected chi connectivity index (χ2v) is 9.32. The van der Waals surface area contributed by atoms with Crippen molar-refractivity contribution in [1.29, 1.82) is 0 Å². The van der Waals surface area contributed by atoms with E-state index >= 15 is 0 Å². The molecule has 1 aromatic rings. The van der Waals surface area contributed by atoms with Crippen molar-refractivity contribution in [3.63, 3.8) is 0 Å². The maximum absolute atomic E-state index is 12.0. The molecule has 3 rings (SSSR count). The summed E-state index contributed by atoms with van der Waals surface area (Å²) in [6, 6.07) is 2.24. The summed E-state index contributed by atoms with van der Waals surface area (Å²) in [6.07, 6.45) is 7.24. The Morgan fingerprint density at radius 3 is 2.65 bits per heavy atom. The highest BCUT2D eigenvalue weighted by atomic mass is 32.2. The minimum absolute atomic E-state index is 0.0669. The molecule has 0 saturated carbocycles. The number of rotatable bonds is 5. The first-order valence-electron chi connectivity index (χ1n) is 9.14. The molecule has 2 aliphatic rings. The van der Waals surface area contributed by atoms with Gasteiger partial charge in [-0.25, -0.2) is 8.42 Å². The number of carbonyl (C=O) groups is 1. The van der Waals surface area contributed by atoms with Gasteiger partial charge >= 0.3 is 0 Å². The third-order valence-electron chi connectivity index (χ3n) is 5.17. The van der Waals surface area contributed by atoms with Crippen LogP contribution in [0.5, 0.6) is 0 Å². The van der Waals surface area contributed by atoms with Crippen LogP contribution in [0.2, 0.25) is 0 Å². The number of anilines is 1. The second kappa shape index (κ2) is 7.87. The number of fused-ring (bicyclic) bond motifs is 1. The zero-order valence-electron chi connectivity index (χ0n) is 15.4. The Labute approximate surface area is 155 Å². The molecule has 9 heteroatoms. The fourth-order valence-corrected chi connectivity index (χ4v) is 3.83. The maximum atomic E-state index is 12.0. The third kappa shape index (κ3) is 4.70. The molecule has 26 heavy (non-hydrogen) atoms. The molecule has 1 saturated heterocycles. The lowest BCUT2D eigenvalue weighted by Gasteiger charge is -2.33. The van der Waals surface area contributed by atoms with Gasteiger partial charge < -0.3 is 10.2 Å². The van der Waals surface area contributed by atoms with Crippen LogP contribution in [0, 0.1) is 0 Å². The average molecular weight is 382 g/mol. The zero-order chi connectivity index (χ0) is 18.7. The number of hydrogen-bond acceptors (Lipinski definition) is 6. The topological polar surface area (TPSA) is 95.5 Å². The van der Waals surface area contributed by atoms with Crippen LogP contribution in [-0.4, -0.2) is 67.8 Å². The highest BCUT2D eigenvalue weighted by molar-refractivity contribution is 7.88. The van der Waals surface area contributed by atoms with E-state index in [-0.39, 0.29) is 18.5 Å². The number of nitrogens with one attached hydrogen (secondary N) is 1. The summed E-state index contributed by atoms with van der Waals surface area (Å²) < 4.78 is 23.8. The molecule has 0 radical (unpaired) electrons.